The van der Waals surface area contributed by atoms with Crippen LogP contribution in [0.3, 0.4) is 0 Å². The summed E-state index contributed by atoms with van der Waals surface area (Å²) in [5.74, 6) is -0.221. The monoisotopic (exact) mass is 259 g/mol. The number of benzene rings is 1. The molecule has 2 aromatic rings. The van der Waals surface area contributed by atoms with E-state index >= 15 is 0 Å². The van der Waals surface area contributed by atoms with Gasteiger partial charge in [-0.1, -0.05) is 30.3 Å². The lowest BCUT2D eigenvalue weighted by Gasteiger charge is -2.08. The van der Waals surface area contributed by atoms with Crippen LogP contribution in [0.15, 0.2) is 42.7 Å². The van der Waals surface area contributed by atoms with E-state index < -0.39 is 0 Å². The molecule has 0 spiro atoms. The average molecular weight is 259 g/mol. The molecule has 0 aliphatic rings. The van der Waals surface area contributed by atoms with Crippen LogP contribution in [0.5, 0.6) is 0 Å². The lowest BCUT2D eigenvalue weighted by atomic mass is 10.2. The first-order valence-electron chi connectivity index (χ1n) is 6.17. The molecule has 1 heterocycles. The SMILES string of the molecule is CC(CO)NC(=O)c1cnn(Cc2ccccc2)c1. The number of rotatable bonds is 5. The summed E-state index contributed by atoms with van der Waals surface area (Å²) in [5, 5.41) is 15.7. The van der Waals surface area contributed by atoms with E-state index in [1.54, 1.807) is 17.8 Å². The van der Waals surface area contributed by atoms with E-state index in [0.717, 1.165) is 5.56 Å². The predicted molar refractivity (Wildman–Crippen MR) is 71.8 cm³/mol. The van der Waals surface area contributed by atoms with E-state index in [4.69, 9.17) is 5.11 Å². The van der Waals surface area contributed by atoms with Crippen LogP contribution < -0.4 is 5.32 Å². The van der Waals surface area contributed by atoms with Crippen LogP contribution in [0.4, 0.5) is 0 Å². The number of nitrogens with one attached hydrogen (secondary N) is 1. The van der Waals surface area contributed by atoms with Gasteiger partial charge >= 0.3 is 0 Å². The number of hydrogen-bond acceptors (Lipinski definition) is 3. The molecule has 0 bridgehead atoms. The number of amides is 1. The Morgan fingerprint density at radius 1 is 1.42 bits per heavy atom. The average Bonchev–Trinajstić information content (AvgIpc) is 2.88. The number of aliphatic hydroxyl groups is 1. The maximum Gasteiger partial charge on any atom is 0.254 e. The van der Waals surface area contributed by atoms with Crippen LogP contribution in [0.1, 0.15) is 22.8 Å². The van der Waals surface area contributed by atoms with Gasteiger partial charge in [-0.3, -0.25) is 9.48 Å². The molecule has 1 unspecified atom stereocenters. The Balaban J connectivity index is 2.01. The van der Waals surface area contributed by atoms with E-state index in [9.17, 15) is 4.79 Å². The van der Waals surface area contributed by atoms with Crippen molar-refractivity contribution in [3.63, 3.8) is 0 Å². The van der Waals surface area contributed by atoms with E-state index in [0.29, 0.717) is 12.1 Å². The molecule has 1 aromatic heterocycles. The number of carbonyl (C=O) groups is 1. The molecular weight excluding hydrogens is 242 g/mol. The highest BCUT2D eigenvalue weighted by Gasteiger charge is 2.11. The lowest BCUT2D eigenvalue weighted by Crippen LogP contribution is -2.34. The molecule has 0 radical (unpaired) electrons. The number of nitrogens with zero attached hydrogens (tertiary/aromatic N) is 2. The Bertz CT molecular complexity index is 537. The second-order valence-electron chi connectivity index (χ2n) is 4.47. The minimum atomic E-state index is -0.259. The zero-order valence-corrected chi connectivity index (χ0v) is 10.8. The van der Waals surface area contributed by atoms with Crippen molar-refractivity contribution in [1.29, 1.82) is 0 Å². The Kier molecular flexibility index (Phi) is 4.30. The molecule has 0 aliphatic heterocycles. The van der Waals surface area contributed by atoms with Crippen LogP contribution in [-0.4, -0.2) is 33.4 Å². The van der Waals surface area contributed by atoms with Gasteiger partial charge < -0.3 is 10.4 Å². The summed E-state index contributed by atoms with van der Waals surface area (Å²) in [4.78, 5) is 11.8. The molecule has 0 saturated carbocycles. The maximum atomic E-state index is 11.8. The van der Waals surface area contributed by atoms with Crippen molar-refractivity contribution < 1.29 is 9.90 Å². The van der Waals surface area contributed by atoms with Gasteiger partial charge in [0.25, 0.3) is 5.91 Å². The van der Waals surface area contributed by atoms with Gasteiger partial charge in [-0.05, 0) is 12.5 Å². The molecule has 1 amide bonds. The molecule has 2 rings (SSSR count). The van der Waals surface area contributed by atoms with Gasteiger partial charge in [-0.15, -0.1) is 0 Å². The van der Waals surface area contributed by atoms with Gasteiger partial charge in [0, 0.05) is 12.2 Å². The topological polar surface area (TPSA) is 67.2 Å². The zero-order valence-electron chi connectivity index (χ0n) is 10.8. The first-order valence-corrected chi connectivity index (χ1v) is 6.17. The summed E-state index contributed by atoms with van der Waals surface area (Å²) in [6.07, 6.45) is 3.23. The third kappa shape index (κ3) is 3.66. The van der Waals surface area contributed by atoms with Crippen LogP contribution in [0.2, 0.25) is 0 Å². The van der Waals surface area contributed by atoms with Gasteiger partial charge in [0.05, 0.1) is 24.9 Å². The molecule has 1 aromatic carbocycles. The third-order valence-electron chi connectivity index (χ3n) is 2.73. The Morgan fingerprint density at radius 3 is 2.84 bits per heavy atom. The Hall–Kier alpha value is -2.14. The van der Waals surface area contributed by atoms with E-state index in [1.165, 1.54) is 6.20 Å². The van der Waals surface area contributed by atoms with Crippen LogP contribution >= 0.6 is 0 Å². The van der Waals surface area contributed by atoms with Crippen molar-refractivity contribution in [3.05, 3.63) is 53.9 Å². The third-order valence-corrected chi connectivity index (χ3v) is 2.73. The molecule has 1 atom stereocenters. The van der Waals surface area contributed by atoms with Gasteiger partial charge in [-0.2, -0.15) is 5.10 Å². The van der Waals surface area contributed by atoms with Gasteiger partial charge in [0.1, 0.15) is 0 Å². The number of aromatic nitrogens is 2. The van der Waals surface area contributed by atoms with Crippen LogP contribution in [0.25, 0.3) is 0 Å². The smallest absolute Gasteiger partial charge is 0.254 e. The number of hydrogen-bond donors (Lipinski definition) is 2. The van der Waals surface area contributed by atoms with Crippen molar-refractivity contribution in [2.75, 3.05) is 6.61 Å². The maximum absolute atomic E-state index is 11.8. The van der Waals surface area contributed by atoms with Crippen molar-refractivity contribution >= 4 is 5.91 Å². The minimum absolute atomic E-state index is 0.0795. The van der Waals surface area contributed by atoms with Crippen LogP contribution in [-0.2, 0) is 6.54 Å². The van der Waals surface area contributed by atoms with E-state index in [1.807, 2.05) is 30.3 Å². The second kappa shape index (κ2) is 6.15. The summed E-state index contributed by atoms with van der Waals surface area (Å²) in [6.45, 7) is 2.29. The fourth-order valence-electron chi connectivity index (χ4n) is 1.69. The number of aliphatic hydroxyl groups excluding tert-OH is 1. The van der Waals surface area contributed by atoms with Crippen molar-refractivity contribution in [3.8, 4) is 0 Å². The summed E-state index contributed by atoms with van der Waals surface area (Å²) in [7, 11) is 0. The first-order chi connectivity index (χ1) is 9.19. The lowest BCUT2D eigenvalue weighted by molar-refractivity contribution is 0.0922. The van der Waals surface area contributed by atoms with Crippen molar-refractivity contribution in [2.24, 2.45) is 0 Å². The Morgan fingerprint density at radius 2 is 2.16 bits per heavy atom. The molecular formula is C14H17N3O2. The molecule has 5 heteroatoms. The molecule has 100 valence electrons. The normalized spacial score (nSPS) is 12.1. The van der Waals surface area contributed by atoms with Gasteiger partial charge in [0.15, 0.2) is 0 Å². The highest BCUT2D eigenvalue weighted by atomic mass is 16.3. The van der Waals surface area contributed by atoms with Crippen molar-refractivity contribution in [1.82, 2.24) is 15.1 Å². The van der Waals surface area contributed by atoms with Crippen molar-refractivity contribution in [2.45, 2.75) is 19.5 Å². The number of carbonyl (C=O) groups excluding carboxylic acids is 1. The molecule has 0 aliphatic carbocycles. The first kappa shape index (κ1) is 13.3. The molecule has 0 fully saturated rings. The summed E-state index contributed by atoms with van der Waals surface area (Å²) in [5.41, 5.74) is 1.62. The quantitative estimate of drug-likeness (QED) is 0.843. The highest BCUT2D eigenvalue weighted by Crippen LogP contribution is 2.04. The van der Waals surface area contributed by atoms with E-state index in [-0.39, 0.29) is 18.6 Å². The zero-order chi connectivity index (χ0) is 13.7. The predicted octanol–water partition coefficient (Wildman–Crippen LogP) is 1.04. The summed E-state index contributed by atoms with van der Waals surface area (Å²) >= 11 is 0. The van der Waals surface area contributed by atoms with Gasteiger partial charge in [0.2, 0.25) is 0 Å². The molecule has 2 N–H and O–H groups in total. The fraction of sp³-hybridized carbons (Fsp3) is 0.286. The minimum Gasteiger partial charge on any atom is -0.394 e. The highest BCUT2D eigenvalue weighted by molar-refractivity contribution is 5.93. The standard InChI is InChI=1S/C14H17N3O2/c1-11(10-18)16-14(19)13-7-15-17(9-13)8-12-5-3-2-4-6-12/h2-7,9,11,18H,8,10H2,1H3,(H,16,19). The molecule has 5 nitrogen and oxygen atoms in total. The molecule has 0 saturated heterocycles. The van der Waals surface area contributed by atoms with Crippen LogP contribution in [0, 0.1) is 0 Å². The fourth-order valence-corrected chi connectivity index (χ4v) is 1.69. The second-order valence-corrected chi connectivity index (χ2v) is 4.47. The molecule has 19 heavy (non-hydrogen) atoms. The summed E-state index contributed by atoms with van der Waals surface area (Å²) in [6, 6.07) is 9.65. The van der Waals surface area contributed by atoms with E-state index in [2.05, 4.69) is 10.4 Å². The Labute approximate surface area is 111 Å². The summed E-state index contributed by atoms with van der Waals surface area (Å²) < 4.78 is 1.72. The largest absolute Gasteiger partial charge is 0.394 e. The van der Waals surface area contributed by atoms with Gasteiger partial charge in [-0.25, -0.2) is 0 Å².